The Morgan fingerprint density at radius 2 is 1.18 bits per heavy atom. The summed E-state index contributed by atoms with van der Waals surface area (Å²) in [7, 11) is 0. The molecule has 0 aliphatic carbocycles. The fourth-order valence-electron chi connectivity index (χ4n) is 3.02. The van der Waals surface area contributed by atoms with Crippen LogP contribution in [-0.2, 0) is 0 Å². The van der Waals surface area contributed by atoms with E-state index in [1.165, 1.54) is 0 Å². The van der Waals surface area contributed by atoms with E-state index in [0.717, 1.165) is 32.1 Å². The van der Waals surface area contributed by atoms with Crippen LogP contribution in [0, 0.1) is 35.0 Å². The lowest BCUT2D eigenvalue weighted by Gasteiger charge is -2.26. The molecule has 0 saturated heterocycles. The van der Waals surface area contributed by atoms with Crippen molar-refractivity contribution < 1.29 is 37.3 Å². The first-order valence-corrected chi connectivity index (χ1v) is 9.53. The summed E-state index contributed by atoms with van der Waals surface area (Å²) in [5.74, 6) is -14.0. The molecule has 162 valence electrons. The molecule has 0 heterocycles. The quantitative estimate of drug-likeness (QED) is 0.126. The number of aliphatic hydroxyl groups is 3. The van der Waals surface area contributed by atoms with Crippen molar-refractivity contribution in [1.82, 2.24) is 0 Å². The highest BCUT2D eigenvalue weighted by Crippen LogP contribution is 2.28. The van der Waals surface area contributed by atoms with Gasteiger partial charge in [0, 0.05) is 12.5 Å². The van der Waals surface area contributed by atoms with Crippen molar-refractivity contribution in [3.8, 4) is 0 Å². The van der Waals surface area contributed by atoms with Crippen LogP contribution in [0.25, 0.3) is 0 Å². The minimum Gasteiger partial charge on any atom is -0.380 e. The molecule has 9 heteroatoms. The summed E-state index contributed by atoms with van der Waals surface area (Å²) >= 11 is 0. The van der Waals surface area contributed by atoms with Crippen LogP contribution >= 0.6 is 0 Å². The lowest BCUT2D eigenvalue weighted by molar-refractivity contribution is -0.344. The van der Waals surface area contributed by atoms with Gasteiger partial charge in [0.05, 0.1) is 0 Å². The van der Waals surface area contributed by atoms with Gasteiger partial charge in [-0.1, -0.05) is 45.4 Å². The summed E-state index contributed by atoms with van der Waals surface area (Å²) in [5, 5.41) is 30.5. The van der Waals surface area contributed by atoms with E-state index in [0.29, 0.717) is 12.8 Å². The van der Waals surface area contributed by atoms with E-state index in [-0.39, 0.29) is 19.4 Å². The third kappa shape index (κ3) is 7.18. The summed E-state index contributed by atoms with van der Waals surface area (Å²) in [6.45, 7) is 1.91. The molecule has 1 unspecified atom stereocenters. The maximum atomic E-state index is 13.6. The smallest absolute Gasteiger partial charge is 0.278 e. The highest BCUT2D eigenvalue weighted by atomic mass is 19.2. The molecule has 0 amide bonds. The van der Waals surface area contributed by atoms with Crippen LogP contribution in [0.5, 0.6) is 0 Å². The van der Waals surface area contributed by atoms with Gasteiger partial charge >= 0.3 is 0 Å². The van der Waals surface area contributed by atoms with Gasteiger partial charge in [-0.05, 0) is 19.3 Å². The zero-order valence-corrected chi connectivity index (χ0v) is 15.9. The number of anilines is 1. The number of nitrogens with one attached hydrogen (secondary N) is 1. The molecular weight excluding hydrogens is 385 g/mol. The van der Waals surface area contributed by atoms with Crippen molar-refractivity contribution in [3.63, 3.8) is 0 Å². The fourth-order valence-corrected chi connectivity index (χ4v) is 3.02. The van der Waals surface area contributed by atoms with E-state index < -0.39 is 46.7 Å². The lowest BCUT2D eigenvalue weighted by Crippen LogP contribution is -2.37. The van der Waals surface area contributed by atoms with E-state index in [4.69, 9.17) is 0 Å². The topological polar surface area (TPSA) is 72.7 Å². The average Bonchev–Trinajstić information content (AvgIpc) is 2.64. The first-order chi connectivity index (χ1) is 13.1. The maximum absolute atomic E-state index is 13.6. The van der Waals surface area contributed by atoms with Gasteiger partial charge < -0.3 is 20.6 Å². The molecule has 0 saturated carbocycles. The maximum Gasteiger partial charge on any atom is 0.278 e. The molecule has 1 atom stereocenters. The van der Waals surface area contributed by atoms with Gasteiger partial charge in [-0.25, -0.2) is 22.0 Å². The Labute approximate surface area is 161 Å². The van der Waals surface area contributed by atoms with Crippen LogP contribution in [0.1, 0.15) is 64.7 Å². The highest BCUT2D eigenvalue weighted by Gasteiger charge is 2.31. The van der Waals surface area contributed by atoms with Crippen LogP contribution in [0.4, 0.5) is 27.6 Å². The van der Waals surface area contributed by atoms with Crippen molar-refractivity contribution in [2.45, 2.75) is 70.7 Å². The Kier molecular flexibility index (Phi) is 10.1. The number of benzene rings is 1. The predicted molar refractivity (Wildman–Crippen MR) is 94.8 cm³/mol. The largest absolute Gasteiger partial charge is 0.380 e. The fraction of sp³-hybridized carbons (Fsp3) is 0.684. The van der Waals surface area contributed by atoms with Gasteiger partial charge in [0.1, 0.15) is 5.69 Å². The van der Waals surface area contributed by atoms with Crippen molar-refractivity contribution in [3.05, 3.63) is 29.1 Å². The molecule has 1 rings (SSSR count). The molecule has 0 radical (unpaired) electrons. The second-order valence-electron chi connectivity index (χ2n) is 6.95. The number of hydrogen-bond donors (Lipinski definition) is 4. The predicted octanol–water partition coefficient (Wildman–Crippen LogP) is 4.57. The van der Waals surface area contributed by atoms with Crippen molar-refractivity contribution in [2.24, 2.45) is 5.92 Å². The minimum absolute atomic E-state index is 0.0842. The molecule has 1 aromatic rings. The van der Waals surface area contributed by atoms with Gasteiger partial charge in [-0.3, -0.25) is 0 Å². The zero-order chi connectivity index (χ0) is 21.3. The minimum atomic E-state index is -2.89. The van der Waals surface area contributed by atoms with Crippen LogP contribution in [0.15, 0.2) is 0 Å². The van der Waals surface area contributed by atoms with Gasteiger partial charge in [-0.15, -0.1) is 0 Å². The number of unbranched alkanes of at least 4 members (excludes halogenated alkanes) is 5. The van der Waals surface area contributed by atoms with Crippen LogP contribution < -0.4 is 5.32 Å². The van der Waals surface area contributed by atoms with Gasteiger partial charge in [0.25, 0.3) is 5.97 Å². The lowest BCUT2D eigenvalue weighted by atomic mass is 9.93. The number of halogens is 5. The van der Waals surface area contributed by atoms with Gasteiger partial charge in [0.15, 0.2) is 23.3 Å². The second-order valence-corrected chi connectivity index (χ2v) is 6.95. The third-order valence-electron chi connectivity index (χ3n) is 4.69. The van der Waals surface area contributed by atoms with E-state index in [2.05, 4.69) is 12.2 Å². The summed E-state index contributed by atoms with van der Waals surface area (Å²) in [5.41, 5.74) is -1.13. The molecular formula is C19H28F5NO3. The summed E-state index contributed by atoms with van der Waals surface area (Å²) in [6, 6.07) is 0. The van der Waals surface area contributed by atoms with E-state index in [1.807, 2.05) is 0 Å². The Morgan fingerprint density at radius 3 is 1.71 bits per heavy atom. The standard InChI is InChI=1S/C19H28F5NO3/c1-2-3-4-5-6-7-9-12(19(26,27)28)10-8-11-25-18-16(23)14(21)13(20)15(22)17(18)24/h12,25-28H,2-11H2,1H3. The molecule has 1 aromatic carbocycles. The Bertz CT molecular complexity index is 594. The number of rotatable bonds is 13. The normalized spacial score (nSPS) is 13.0. The molecule has 0 aromatic heterocycles. The average molecular weight is 413 g/mol. The van der Waals surface area contributed by atoms with E-state index >= 15 is 0 Å². The molecule has 0 bridgehead atoms. The first kappa shape index (κ1) is 24.6. The molecule has 4 nitrogen and oxygen atoms in total. The zero-order valence-electron chi connectivity index (χ0n) is 15.9. The molecule has 0 aliphatic rings. The van der Waals surface area contributed by atoms with E-state index in [1.54, 1.807) is 0 Å². The van der Waals surface area contributed by atoms with Crippen molar-refractivity contribution in [2.75, 3.05) is 11.9 Å². The molecule has 0 aliphatic heterocycles. The molecule has 28 heavy (non-hydrogen) atoms. The first-order valence-electron chi connectivity index (χ1n) is 9.53. The Hall–Kier alpha value is -1.45. The summed E-state index contributed by atoms with van der Waals surface area (Å²) in [6.07, 6.45) is 6.37. The highest BCUT2D eigenvalue weighted by molar-refractivity contribution is 5.47. The van der Waals surface area contributed by atoms with E-state index in [9.17, 15) is 37.3 Å². The van der Waals surface area contributed by atoms with Gasteiger partial charge in [-0.2, -0.15) is 0 Å². The van der Waals surface area contributed by atoms with Crippen LogP contribution in [-0.4, -0.2) is 27.8 Å². The Morgan fingerprint density at radius 1 is 0.714 bits per heavy atom. The molecule has 0 spiro atoms. The van der Waals surface area contributed by atoms with Crippen molar-refractivity contribution >= 4 is 5.69 Å². The third-order valence-corrected chi connectivity index (χ3v) is 4.69. The van der Waals surface area contributed by atoms with Crippen LogP contribution in [0.3, 0.4) is 0 Å². The van der Waals surface area contributed by atoms with Gasteiger partial charge in [0.2, 0.25) is 5.82 Å². The summed E-state index contributed by atoms with van der Waals surface area (Å²) < 4.78 is 66.4. The molecule has 4 N–H and O–H groups in total. The number of hydrogen-bond acceptors (Lipinski definition) is 4. The van der Waals surface area contributed by atoms with Crippen LogP contribution in [0.2, 0.25) is 0 Å². The SMILES string of the molecule is CCCCCCCCC(CCCNc1c(F)c(F)c(F)c(F)c1F)C(O)(O)O. The second kappa shape index (κ2) is 11.5. The van der Waals surface area contributed by atoms with Crippen molar-refractivity contribution in [1.29, 1.82) is 0 Å². The molecule has 0 fully saturated rings. The summed E-state index contributed by atoms with van der Waals surface area (Å²) in [4.78, 5) is 0. The monoisotopic (exact) mass is 413 g/mol. The Balaban J connectivity index is 2.53.